The Kier molecular flexibility index (Phi) is 9.98. The van der Waals surface area contributed by atoms with Crippen LogP contribution in [-0.4, -0.2) is 128 Å². The molecule has 2 aliphatic rings. The number of hydrogen-bond acceptors (Lipinski definition) is 9. The van der Waals surface area contributed by atoms with Gasteiger partial charge in [-0.15, -0.1) is 0 Å². The number of likely N-dealkylation sites (N-methyl/N-ethyl adjacent to an activating group) is 2. The molecule has 0 spiro atoms. The molecule has 0 radical (unpaired) electrons. The number of benzene rings is 4. The van der Waals surface area contributed by atoms with Crippen molar-refractivity contribution in [1.82, 2.24) is 44.0 Å². The Balaban J connectivity index is 0.912. The lowest BCUT2D eigenvalue weighted by molar-refractivity contribution is -0.130. The summed E-state index contributed by atoms with van der Waals surface area (Å²) in [6.45, 7) is 4.68. The zero-order valence-corrected chi connectivity index (χ0v) is 31.2. The van der Waals surface area contributed by atoms with Gasteiger partial charge in [-0.25, -0.2) is 9.97 Å². The van der Waals surface area contributed by atoms with Crippen LogP contribution in [0.2, 0.25) is 0 Å². The topological polar surface area (TPSA) is 146 Å². The Bertz CT molecular complexity index is 2450. The van der Waals surface area contributed by atoms with Gasteiger partial charge in [-0.05, 0) is 63.0 Å². The van der Waals surface area contributed by atoms with Gasteiger partial charge in [-0.3, -0.25) is 33.8 Å². The fourth-order valence-electron chi connectivity index (χ4n) is 7.92. The standard InChI is InChI=1S/C42H41N9O5/c1-3-46(21-23-50-39(53)30-9-4-7-28-34(48-19-15-44-26-48)13-11-32(37(28)30)41(50)55)17-6-18-47(36(52)25-43-2)22-24-51-40(54)31-10-5-8-29-35(49-20-16-45-27-49)14-12-33(38(29)31)42(51)56/h4-5,7-16,19-20,26-27,43H,3,6,17-18,21-25H2,1-2H3. The van der Waals surface area contributed by atoms with Crippen LogP contribution in [0.4, 0.5) is 0 Å². The van der Waals surface area contributed by atoms with Crippen molar-refractivity contribution in [2.24, 2.45) is 0 Å². The molecular weight excluding hydrogens is 711 g/mol. The molecule has 0 atom stereocenters. The fraction of sp³-hybridized carbons (Fsp3) is 0.262. The molecule has 2 aromatic heterocycles. The number of rotatable bonds is 15. The first kappa shape index (κ1) is 36.5. The molecule has 56 heavy (non-hydrogen) atoms. The Morgan fingerprint density at radius 2 is 1.14 bits per heavy atom. The number of amides is 5. The first-order chi connectivity index (χ1) is 27.3. The Hall–Kier alpha value is -6.51. The van der Waals surface area contributed by atoms with E-state index in [9.17, 15) is 24.0 Å². The van der Waals surface area contributed by atoms with Crippen molar-refractivity contribution in [3.8, 4) is 11.4 Å². The number of nitrogens with one attached hydrogen (secondary N) is 1. The number of aromatic nitrogens is 4. The molecule has 4 aromatic carbocycles. The molecule has 5 amide bonds. The van der Waals surface area contributed by atoms with E-state index in [1.165, 1.54) is 9.80 Å². The summed E-state index contributed by atoms with van der Waals surface area (Å²) in [5.74, 6) is -1.58. The number of hydrogen-bond donors (Lipinski definition) is 1. The third kappa shape index (κ3) is 6.42. The molecule has 0 saturated carbocycles. The molecule has 6 aromatic rings. The van der Waals surface area contributed by atoms with Crippen molar-refractivity contribution in [2.45, 2.75) is 13.3 Å². The van der Waals surface area contributed by atoms with Gasteiger partial charge in [0, 0.05) is 101 Å². The van der Waals surface area contributed by atoms with Crippen LogP contribution < -0.4 is 5.32 Å². The van der Waals surface area contributed by atoms with Crippen molar-refractivity contribution >= 4 is 51.1 Å². The molecule has 0 unspecified atom stereocenters. The lowest BCUT2D eigenvalue weighted by Gasteiger charge is -2.31. The zero-order valence-electron chi connectivity index (χ0n) is 31.2. The molecule has 14 heteroatoms. The maximum atomic E-state index is 13.8. The van der Waals surface area contributed by atoms with Gasteiger partial charge in [-0.1, -0.05) is 31.2 Å². The first-order valence-electron chi connectivity index (χ1n) is 18.8. The first-order valence-corrected chi connectivity index (χ1v) is 18.8. The second kappa shape index (κ2) is 15.3. The van der Waals surface area contributed by atoms with Crippen LogP contribution in [0.1, 0.15) is 54.8 Å². The van der Waals surface area contributed by atoms with Crippen LogP contribution >= 0.6 is 0 Å². The largest absolute Gasteiger partial charge is 0.340 e. The molecule has 0 bridgehead atoms. The molecule has 0 saturated heterocycles. The van der Waals surface area contributed by atoms with E-state index >= 15 is 0 Å². The summed E-state index contributed by atoms with van der Waals surface area (Å²) in [5, 5.41) is 5.77. The lowest BCUT2D eigenvalue weighted by atomic mass is 9.93. The number of imide groups is 2. The fourth-order valence-corrected chi connectivity index (χ4v) is 7.92. The van der Waals surface area contributed by atoms with Gasteiger partial charge in [0.2, 0.25) is 5.91 Å². The third-order valence-electron chi connectivity index (χ3n) is 10.8. The molecule has 0 aliphatic carbocycles. The van der Waals surface area contributed by atoms with Crippen LogP contribution in [0, 0.1) is 0 Å². The second-order valence-electron chi connectivity index (χ2n) is 13.9. The van der Waals surface area contributed by atoms with E-state index in [1.54, 1.807) is 61.3 Å². The molecule has 2 aliphatic heterocycles. The van der Waals surface area contributed by atoms with Crippen molar-refractivity contribution in [2.75, 3.05) is 59.4 Å². The molecule has 0 fully saturated rings. The van der Waals surface area contributed by atoms with Crippen LogP contribution in [0.25, 0.3) is 32.9 Å². The summed E-state index contributed by atoms with van der Waals surface area (Å²) < 4.78 is 3.71. The highest BCUT2D eigenvalue weighted by Crippen LogP contribution is 2.35. The minimum absolute atomic E-state index is 0.0426. The Morgan fingerprint density at radius 1 is 0.643 bits per heavy atom. The van der Waals surface area contributed by atoms with E-state index < -0.39 is 11.8 Å². The van der Waals surface area contributed by atoms with Gasteiger partial charge < -0.3 is 24.3 Å². The molecule has 1 N–H and O–H groups in total. The van der Waals surface area contributed by atoms with E-state index in [1.807, 2.05) is 64.8 Å². The predicted molar refractivity (Wildman–Crippen MR) is 210 cm³/mol. The normalized spacial score (nSPS) is 13.8. The van der Waals surface area contributed by atoms with E-state index in [-0.39, 0.29) is 43.9 Å². The summed E-state index contributed by atoms with van der Waals surface area (Å²) in [5.41, 5.74) is 3.53. The summed E-state index contributed by atoms with van der Waals surface area (Å²) in [4.78, 5) is 83.0. The quantitative estimate of drug-likeness (QED) is 0.154. The van der Waals surface area contributed by atoms with Crippen LogP contribution in [-0.2, 0) is 4.79 Å². The SMILES string of the molecule is CCN(CCCN(CCN1C(=O)c2cccc3c(-n4ccnc4)ccc(c23)C1=O)C(=O)CNC)CCN1C(=O)c2cccc3c(-n4ccnc4)ccc(c23)C1=O. The number of imidazole rings is 2. The Labute approximate surface area is 322 Å². The molecule has 8 rings (SSSR count). The molecule has 4 heterocycles. The van der Waals surface area contributed by atoms with Crippen molar-refractivity contribution in [3.05, 3.63) is 120 Å². The lowest BCUT2D eigenvalue weighted by Crippen LogP contribution is -2.47. The minimum atomic E-state index is -0.395. The Morgan fingerprint density at radius 3 is 1.61 bits per heavy atom. The van der Waals surface area contributed by atoms with Gasteiger partial charge in [0.25, 0.3) is 23.6 Å². The van der Waals surface area contributed by atoms with Gasteiger partial charge in [0.1, 0.15) is 0 Å². The summed E-state index contributed by atoms with van der Waals surface area (Å²) in [6.07, 6.45) is 11.0. The monoisotopic (exact) mass is 751 g/mol. The van der Waals surface area contributed by atoms with Crippen LogP contribution in [0.3, 0.4) is 0 Å². The summed E-state index contributed by atoms with van der Waals surface area (Å²) in [6, 6.07) is 18.2. The maximum absolute atomic E-state index is 13.8. The maximum Gasteiger partial charge on any atom is 0.261 e. The van der Waals surface area contributed by atoms with Crippen molar-refractivity contribution in [3.63, 3.8) is 0 Å². The van der Waals surface area contributed by atoms with E-state index in [0.29, 0.717) is 65.6 Å². The predicted octanol–water partition coefficient (Wildman–Crippen LogP) is 4.02. The number of carbonyl (C=O) groups excluding carboxylic acids is 5. The van der Waals surface area contributed by atoms with E-state index in [0.717, 1.165) is 22.1 Å². The third-order valence-corrected chi connectivity index (χ3v) is 10.8. The van der Waals surface area contributed by atoms with Gasteiger partial charge in [0.05, 0.1) is 30.6 Å². The molecule has 14 nitrogen and oxygen atoms in total. The van der Waals surface area contributed by atoms with Crippen LogP contribution in [0.5, 0.6) is 0 Å². The number of carbonyl (C=O) groups is 5. The van der Waals surface area contributed by atoms with Crippen molar-refractivity contribution < 1.29 is 24.0 Å². The summed E-state index contributed by atoms with van der Waals surface area (Å²) in [7, 11) is 1.70. The average molecular weight is 752 g/mol. The van der Waals surface area contributed by atoms with Crippen LogP contribution in [0.15, 0.2) is 98.1 Å². The minimum Gasteiger partial charge on any atom is -0.340 e. The second-order valence-corrected chi connectivity index (χ2v) is 13.9. The highest BCUT2D eigenvalue weighted by Gasteiger charge is 2.35. The zero-order chi connectivity index (χ0) is 38.9. The van der Waals surface area contributed by atoms with Gasteiger partial charge in [-0.2, -0.15) is 0 Å². The highest BCUT2D eigenvalue weighted by atomic mass is 16.2. The van der Waals surface area contributed by atoms with Crippen molar-refractivity contribution in [1.29, 1.82) is 0 Å². The number of nitrogens with zero attached hydrogens (tertiary/aromatic N) is 8. The van der Waals surface area contributed by atoms with Gasteiger partial charge >= 0.3 is 0 Å². The average Bonchev–Trinajstić information content (AvgIpc) is 3.96. The molecular formula is C42H41N9O5. The molecule has 284 valence electrons. The van der Waals surface area contributed by atoms with E-state index in [2.05, 4.69) is 20.2 Å². The van der Waals surface area contributed by atoms with Gasteiger partial charge in [0.15, 0.2) is 0 Å². The van der Waals surface area contributed by atoms with E-state index in [4.69, 9.17) is 0 Å². The smallest absolute Gasteiger partial charge is 0.261 e. The summed E-state index contributed by atoms with van der Waals surface area (Å²) >= 11 is 0. The highest BCUT2D eigenvalue weighted by molar-refractivity contribution is 6.27.